The topological polar surface area (TPSA) is 73.6 Å². The predicted molar refractivity (Wildman–Crippen MR) is 84.0 cm³/mol. The van der Waals surface area contributed by atoms with Gasteiger partial charge in [-0.3, -0.25) is 0 Å². The van der Waals surface area contributed by atoms with Gasteiger partial charge in [0.05, 0.1) is 11.6 Å². The van der Waals surface area contributed by atoms with Crippen molar-refractivity contribution >= 4 is 6.09 Å². The first-order chi connectivity index (χ1) is 12.0. The monoisotopic (exact) mass is 344 g/mol. The molecule has 0 saturated carbocycles. The van der Waals surface area contributed by atoms with Gasteiger partial charge in [-0.1, -0.05) is 6.07 Å². The van der Waals surface area contributed by atoms with Gasteiger partial charge >= 0.3 is 6.09 Å². The molecule has 1 amide bonds. The molecule has 0 radical (unpaired) electrons. The Morgan fingerprint density at radius 3 is 2.76 bits per heavy atom. The van der Waals surface area contributed by atoms with Crippen molar-refractivity contribution in [3.63, 3.8) is 0 Å². The molecule has 2 aromatic rings. The van der Waals surface area contributed by atoms with Crippen molar-refractivity contribution in [2.24, 2.45) is 0 Å². The van der Waals surface area contributed by atoms with Crippen LogP contribution in [0, 0.1) is 23.0 Å². The minimum atomic E-state index is -1.06. The summed E-state index contributed by atoms with van der Waals surface area (Å²) in [4.78, 5) is 12.3. The summed E-state index contributed by atoms with van der Waals surface area (Å²) in [5.41, 5.74) is 1.47. The van der Waals surface area contributed by atoms with E-state index in [2.05, 4.69) is 0 Å². The van der Waals surface area contributed by atoms with Crippen molar-refractivity contribution in [3.8, 4) is 11.8 Å². The van der Waals surface area contributed by atoms with Crippen molar-refractivity contribution in [1.29, 1.82) is 5.26 Å². The Balaban J connectivity index is 1.78. The molecule has 0 aromatic heterocycles. The first kappa shape index (κ1) is 16.7. The lowest BCUT2D eigenvalue weighted by Crippen LogP contribution is -2.35. The number of amides is 1. The maximum Gasteiger partial charge on any atom is 0.407 e. The summed E-state index contributed by atoms with van der Waals surface area (Å²) in [6, 6.07) is 8.66. The van der Waals surface area contributed by atoms with Crippen molar-refractivity contribution < 1.29 is 23.4 Å². The van der Waals surface area contributed by atoms with E-state index in [1.807, 2.05) is 6.07 Å². The second-order valence-electron chi connectivity index (χ2n) is 5.70. The fourth-order valence-electron chi connectivity index (χ4n) is 2.76. The Kier molecular flexibility index (Phi) is 4.52. The van der Waals surface area contributed by atoms with Crippen LogP contribution < -0.4 is 4.74 Å². The fraction of sp³-hybridized carbons (Fsp3) is 0.222. The summed E-state index contributed by atoms with van der Waals surface area (Å²) >= 11 is 0. The van der Waals surface area contributed by atoms with Crippen LogP contribution >= 0.6 is 0 Å². The normalized spacial score (nSPS) is 13.1. The third-order valence-electron chi connectivity index (χ3n) is 4.10. The lowest BCUT2D eigenvalue weighted by Gasteiger charge is -2.27. The second kappa shape index (κ2) is 6.77. The summed E-state index contributed by atoms with van der Waals surface area (Å²) < 4.78 is 33.5. The lowest BCUT2D eigenvalue weighted by atomic mass is 9.99. The number of fused-ring (bicyclic) bond motifs is 1. The van der Waals surface area contributed by atoms with Gasteiger partial charge in [0.15, 0.2) is 0 Å². The SMILES string of the molecule is N#Cc1ccc(COc2cc(F)c3c(c2)CN(C(=O)O)CC3)c(F)c1. The van der Waals surface area contributed by atoms with Gasteiger partial charge in [-0.15, -0.1) is 0 Å². The minimum absolute atomic E-state index is 0.0873. The molecule has 25 heavy (non-hydrogen) atoms. The quantitative estimate of drug-likeness (QED) is 0.925. The molecule has 0 bridgehead atoms. The van der Waals surface area contributed by atoms with Crippen molar-refractivity contribution in [2.45, 2.75) is 19.6 Å². The van der Waals surface area contributed by atoms with Gasteiger partial charge in [0.25, 0.3) is 0 Å². The van der Waals surface area contributed by atoms with Crippen molar-refractivity contribution in [2.75, 3.05) is 6.54 Å². The summed E-state index contributed by atoms with van der Waals surface area (Å²) in [5, 5.41) is 17.8. The third kappa shape index (κ3) is 3.53. The molecule has 1 N–H and O–H groups in total. The Morgan fingerprint density at radius 1 is 1.28 bits per heavy atom. The molecular weight excluding hydrogens is 330 g/mol. The van der Waals surface area contributed by atoms with Crippen LogP contribution in [-0.2, 0) is 19.6 Å². The summed E-state index contributed by atoms with van der Waals surface area (Å²) in [6.45, 7) is 0.207. The smallest absolute Gasteiger partial charge is 0.407 e. The fourth-order valence-corrected chi connectivity index (χ4v) is 2.76. The number of benzene rings is 2. The highest BCUT2D eigenvalue weighted by Crippen LogP contribution is 2.27. The summed E-state index contributed by atoms with van der Waals surface area (Å²) in [5.74, 6) is -0.834. The standard InChI is InChI=1S/C18H14F2N2O3/c19-16-5-11(8-21)1-2-12(16)10-25-14-6-13-9-22(18(23)24)4-3-15(13)17(20)7-14/h1-2,5-7H,3-4,9-10H2,(H,23,24). The zero-order valence-corrected chi connectivity index (χ0v) is 13.1. The molecule has 1 heterocycles. The first-order valence-corrected chi connectivity index (χ1v) is 7.58. The molecule has 1 aliphatic heterocycles. The van der Waals surface area contributed by atoms with Crippen molar-refractivity contribution in [1.82, 2.24) is 4.90 Å². The Bertz CT molecular complexity index is 877. The molecule has 1 aliphatic rings. The average molecular weight is 344 g/mol. The van der Waals surface area contributed by atoms with E-state index in [4.69, 9.17) is 15.1 Å². The minimum Gasteiger partial charge on any atom is -0.489 e. The van der Waals surface area contributed by atoms with Gasteiger partial charge in [0.2, 0.25) is 0 Å². The van der Waals surface area contributed by atoms with Gasteiger partial charge < -0.3 is 14.7 Å². The van der Waals surface area contributed by atoms with Crippen LogP contribution in [0.1, 0.15) is 22.3 Å². The van der Waals surface area contributed by atoms with Crippen LogP contribution in [0.15, 0.2) is 30.3 Å². The van der Waals surface area contributed by atoms with Crippen LogP contribution in [0.4, 0.5) is 13.6 Å². The second-order valence-corrected chi connectivity index (χ2v) is 5.70. The zero-order chi connectivity index (χ0) is 18.0. The van der Waals surface area contributed by atoms with Crippen molar-refractivity contribution in [3.05, 3.63) is 64.2 Å². The number of carbonyl (C=O) groups is 1. The summed E-state index contributed by atoms with van der Waals surface area (Å²) in [7, 11) is 0. The van der Waals surface area contributed by atoms with E-state index in [1.54, 1.807) is 6.07 Å². The third-order valence-corrected chi connectivity index (χ3v) is 4.10. The van der Waals surface area contributed by atoms with Crippen LogP contribution in [0.25, 0.3) is 0 Å². The molecular formula is C18H14F2N2O3. The molecule has 0 saturated heterocycles. The number of hydrogen-bond acceptors (Lipinski definition) is 3. The first-order valence-electron chi connectivity index (χ1n) is 7.58. The van der Waals surface area contributed by atoms with Crippen LogP contribution in [0.5, 0.6) is 5.75 Å². The number of halogens is 2. The van der Waals surface area contributed by atoms with Gasteiger partial charge in [0.1, 0.15) is 24.0 Å². The molecule has 0 spiro atoms. The molecule has 0 unspecified atom stereocenters. The highest BCUT2D eigenvalue weighted by atomic mass is 19.1. The average Bonchev–Trinajstić information content (AvgIpc) is 2.60. The number of nitriles is 1. The van der Waals surface area contributed by atoms with Crippen LogP contribution in [0.2, 0.25) is 0 Å². The largest absolute Gasteiger partial charge is 0.489 e. The van der Waals surface area contributed by atoms with Gasteiger partial charge in [-0.25, -0.2) is 13.6 Å². The number of nitrogens with zero attached hydrogens (tertiary/aromatic N) is 2. The molecule has 0 aliphatic carbocycles. The molecule has 0 fully saturated rings. The Morgan fingerprint density at radius 2 is 2.08 bits per heavy atom. The predicted octanol–water partition coefficient (Wildman–Crippen LogP) is 3.45. The number of hydrogen-bond donors (Lipinski definition) is 1. The van der Waals surface area contributed by atoms with Crippen LogP contribution in [-0.4, -0.2) is 22.6 Å². The number of rotatable bonds is 3. The lowest BCUT2D eigenvalue weighted by molar-refractivity contribution is 0.139. The van der Waals surface area contributed by atoms with Gasteiger partial charge in [0, 0.05) is 24.7 Å². The Hall–Kier alpha value is -3.14. The van der Waals surface area contributed by atoms with Crippen LogP contribution in [0.3, 0.4) is 0 Å². The van der Waals surface area contributed by atoms with E-state index in [9.17, 15) is 13.6 Å². The highest BCUT2D eigenvalue weighted by molar-refractivity contribution is 5.65. The molecule has 7 heteroatoms. The van der Waals surface area contributed by atoms with E-state index in [-0.39, 0.29) is 36.6 Å². The summed E-state index contributed by atoms with van der Waals surface area (Å²) in [6.07, 6.45) is -0.755. The Labute approximate surface area is 142 Å². The zero-order valence-electron chi connectivity index (χ0n) is 13.1. The van der Waals surface area contributed by atoms with E-state index >= 15 is 0 Å². The van der Waals surface area contributed by atoms with E-state index < -0.39 is 17.7 Å². The highest BCUT2D eigenvalue weighted by Gasteiger charge is 2.23. The van der Waals surface area contributed by atoms with E-state index in [1.165, 1.54) is 23.1 Å². The maximum absolute atomic E-state index is 14.2. The molecule has 5 nitrogen and oxygen atoms in total. The number of ether oxygens (including phenoxy) is 1. The molecule has 0 atom stereocenters. The van der Waals surface area contributed by atoms with Gasteiger partial charge in [-0.2, -0.15) is 5.26 Å². The molecule has 3 rings (SSSR count). The molecule has 2 aromatic carbocycles. The van der Waals surface area contributed by atoms with E-state index in [0.717, 1.165) is 6.07 Å². The molecule has 128 valence electrons. The number of carboxylic acid groups (broad SMARTS) is 1. The van der Waals surface area contributed by atoms with E-state index in [0.29, 0.717) is 17.5 Å². The maximum atomic E-state index is 14.2. The van der Waals surface area contributed by atoms with Gasteiger partial charge in [-0.05, 0) is 35.7 Å².